The Morgan fingerprint density at radius 3 is 2.95 bits per heavy atom. The first kappa shape index (κ1) is 14.1. The molecule has 0 radical (unpaired) electrons. The number of fused-ring (bicyclic) bond motifs is 1. The Kier molecular flexibility index (Phi) is 4.23. The number of nitrogens with zero attached hydrogens (tertiary/aromatic N) is 1. The predicted molar refractivity (Wildman–Crippen MR) is 84.2 cm³/mol. The highest BCUT2D eigenvalue weighted by atomic mass is 16.1. The molecule has 0 spiro atoms. The lowest BCUT2D eigenvalue weighted by atomic mass is 9.83. The van der Waals surface area contributed by atoms with E-state index in [0.717, 1.165) is 17.5 Å². The zero-order chi connectivity index (χ0) is 14.7. The van der Waals surface area contributed by atoms with E-state index in [0.29, 0.717) is 17.5 Å². The van der Waals surface area contributed by atoms with Gasteiger partial charge in [-0.05, 0) is 43.4 Å². The average Bonchev–Trinajstić information content (AvgIpc) is 3.00. The van der Waals surface area contributed by atoms with E-state index in [9.17, 15) is 4.79 Å². The van der Waals surface area contributed by atoms with E-state index < -0.39 is 0 Å². The molecule has 2 N–H and O–H groups in total. The number of carbonyl (C=O) groups excluding carboxylic acids is 1. The van der Waals surface area contributed by atoms with Crippen molar-refractivity contribution < 1.29 is 4.79 Å². The summed E-state index contributed by atoms with van der Waals surface area (Å²) in [7, 11) is 0. The molecule has 0 aliphatic heterocycles. The van der Waals surface area contributed by atoms with E-state index >= 15 is 0 Å². The maximum absolute atomic E-state index is 12.5. The molecule has 0 bridgehead atoms. The molecule has 1 unspecified atom stereocenters. The van der Waals surface area contributed by atoms with Crippen LogP contribution in [-0.2, 0) is 0 Å². The monoisotopic (exact) mass is 285 g/mol. The van der Waals surface area contributed by atoms with Gasteiger partial charge in [0.15, 0.2) is 0 Å². The minimum atomic E-state index is 0.0314. The number of H-pyrrole nitrogens is 1. The van der Waals surface area contributed by atoms with Crippen LogP contribution in [0, 0.1) is 5.92 Å². The van der Waals surface area contributed by atoms with Gasteiger partial charge in [0.1, 0.15) is 0 Å². The number of rotatable bonds is 4. The van der Waals surface area contributed by atoms with Crippen LogP contribution in [-0.4, -0.2) is 21.9 Å². The minimum Gasteiger partial charge on any atom is -0.349 e. The van der Waals surface area contributed by atoms with Crippen LogP contribution in [0.15, 0.2) is 24.5 Å². The van der Waals surface area contributed by atoms with E-state index in [2.05, 4.69) is 22.2 Å². The number of aromatic amines is 1. The minimum absolute atomic E-state index is 0.0314. The summed E-state index contributed by atoms with van der Waals surface area (Å²) >= 11 is 0. The summed E-state index contributed by atoms with van der Waals surface area (Å²) < 4.78 is 0. The molecule has 1 aromatic carbocycles. The van der Waals surface area contributed by atoms with Gasteiger partial charge in [0.25, 0.3) is 5.91 Å². The fraction of sp³-hybridized carbons (Fsp3) is 0.529. The Balaban J connectivity index is 1.71. The number of carbonyl (C=O) groups is 1. The van der Waals surface area contributed by atoms with Crippen molar-refractivity contribution in [2.24, 2.45) is 5.92 Å². The Morgan fingerprint density at radius 1 is 1.38 bits per heavy atom. The van der Waals surface area contributed by atoms with E-state index in [-0.39, 0.29) is 5.91 Å². The molecule has 21 heavy (non-hydrogen) atoms. The second-order valence-electron chi connectivity index (χ2n) is 6.02. The zero-order valence-electron chi connectivity index (χ0n) is 12.6. The van der Waals surface area contributed by atoms with Gasteiger partial charge in [0, 0.05) is 11.6 Å². The average molecular weight is 285 g/mol. The SMILES string of the molecule is CCC(NC(=O)c1ccc2nc[nH]c2c1)C1CCCCC1. The lowest BCUT2D eigenvalue weighted by Gasteiger charge is -2.30. The van der Waals surface area contributed by atoms with E-state index in [4.69, 9.17) is 0 Å². The topological polar surface area (TPSA) is 57.8 Å². The van der Waals surface area contributed by atoms with E-state index in [1.165, 1.54) is 32.1 Å². The first-order valence-corrected chi connectivity index (χ1v) is 8.02. The van der Waals surface area contributed by atoms with Crippen LogP contribution in [0.5, 0.6) is 0 Å². The Hall–Kier alpha value is -1.84. The highest BCUT2D eigenvalue weighted by molar-refractivity contribution is 5.97. The largest absolute Gasteiger partial charge is 0.349 e. The smallest absolute Gasteiger partial charge is 0.251 e. The molecule has 0 saturated heterocycles. The van der Waals surface area contributed by atoms with Gasteiger partial charge in [0.2, 0.25) is 0 Å². The number of nitrogens with one attached hydrogen (secondary N) is 2. The molecule has 4 nitrogen and oxygen atoms in total. The van der Waals surface area contributed by atoms with Crippen molar-refractivity contribution in [2.75, 3.05) is 0 Å². The molecule has 112 valence electrons. The number of hydrogen-bond donors (Lipinski definition) is 2. The van der Waals surface area contributed by atoms with Crippen molar-refractivity contribution in [2.45, 2.75) is 51.5 Å². The van der Waals surface area contributed by atoms with Crippen molar-refractivity contribution in [3.8, 4) is 0 Å². The lowest BCUT2D eigenvalue weighted by molar-refractivity contribution is 0.0911. The fourth-order valence-electron chi connectivity index (χ4n) is 3.42. The lowest BCUT2D eigenvalue weighted by Crippen LogP contribution is -2.40. The molecule has 1 aliphatic rings. The summed E-state index contributed by atoms with van der Waals surface area (Å²) in [5, 5.41) is 3.24. The third kappa shape index (κ3) is 3.09. The van der Waals surface area contributed by atoms with Gasteiger partial charge >= 0.3 is 0 Å². The second-order valence-corrected chi connectivity index (χ2v) is 6.02. The summed E-state index contributed by atoms with van der Waals surface area (Å²) in [6.07, 6.45) is 9.11. The van der Waals surface area contributed by atoms with Gasteiger partial charge in [-0.25, -0.2) is 4.98 Å². The van der Waals surface area contributed by atoms with Gasteiger partial charge in [-0.1, -0.05) is 26.2 Å². The Morgan fingerprint density at radius 2 is 2.19 bits per heavy atom. The molecule has 1 heterocycles. The molecule has 1 amide bonds. The molecule has 1 aromatic heterocycles. The summed E-state index contributed by atoms with van der Waals surface area (Å²) in [4.78, 5) is 19.7. The van der Waals surface area contributed by atoms with Gasteiger partial charge in [0.05, 0.1) is 17.4 Å². The normalized spacial score (nSPS) is 17.8. The standard InChI is InChI=1S/C17H23N3O/c1-2-14(12-6-4-3-5-7-12)20-17(21)13-8-9-15-16(10-13)19-11-18-15/h8-12,14H,2-7H2,1H3,(H,18,19)(H,20,21). The molecule has 2 aromatic rings. The van der Waals surface area contributed by atoms with Crippen molar-refractivity contribution in [3.05, 3.63) is 30.1 Å². The summed E-state index contributed by atoms with van der Waals surface area (Å²) in [6, 6.07) is 5.93. The molecule has 1 aliphatic carbocycles. The van der Waals surface area contributed by atoms with Crippen LogP contribution in [0.25, 0.3) is 11.0 Å². The molecular formula is C17H23N3O. The predicted octanol–water partition coefficient (Wildman–Crippen LogP) is 3.65. The van der Waals surface area contributed by atoms with Gasteiger partial charge in [-0.3, -0.25) is 4.79 Å². The first-order valence-electron chi connectivity index (χ1n) is 8.02. The fourth-order valence-corrected chi connectivity index (χ4v) is 3.42. The molecule has 1 saturated carbocycles. The zero-order valence-corrected chi connectivity index (χ0v) is 12.6. The van der Waals surface area contributed by atoms with Gasteiger partial charge in [-0.15, -0.1) is 0 Å². The maximum atomic E-state index is 12.5. The number of hydrogen-bond acceptors (Lipinski definition) is 2. The quantitative estimate of drug-likeness (QED) is 0.900. The number of aromatic nitrogens is 2. The third-order valence-electron chi connectivity index (χ3n) is 4.66. The van der Waals surface area contributed by atoms with E-state index in [1.807, 2.05) is 18.2 Å². The molecule has 3 rings (SSSR count). The van der Waals surface area contributed by atoms with Crippen molar-refractivity contribution in [1.29, 1.82) is 0 Å². The van der Waals surface area contributed by atoms with Crippen LogP contribution in [0.3, 0.4) is 0 Å². The summed E-state index contributed by atoms with van der Waals surface area (Å²) in [5.74, 6) is 0.674. The molecular weight excluding hydrogens is 262 g/mol. The third-order valence-corrected chi connectivity index (χ3v) is 4.66. The maximum Gasteiger partial charge on any atom is 0.251 e. The number of imidazole rings is 1. The van der Waals surface area contributed by atoms with Crippen molar-refractivity contribution in [3.63, 3.8) is 0 Å². The number of benzene rings is 1. The first-order chi connectivity index (χ1) is 10.3. The molecule has 1 atom stereocenters. The van der Waals surface area contributed by atoms with Crippen LogP contribution in [0.4, 0.5) is 0 Å². The highest BCUT2D eigenvalue weighted by Gasteiger charge is 2.24. The van der Waals surface area contributed by atoms with E-state index in [1.54, 1.807) is 6.33 Å². The van der Waals surface area contributed by atoms with Crippen molar-refractivity contribution >= 4 is 16.9 Å². The number of amides is 1. The summed E-state index contributed by atoms with van der Waals surface area (Å²) in [6.45, 7) is 2.16. The van der Waals surface area contributed by atoms with Gasteiger partial charge < -0.3 is 10.3 Å². The van der Waals surface area contributed by atoms with Crippen molar-refractivity contribution in [1.82, 2.24) is 15.3 Å². The van der Waals surface area contributed by atoms with Crippen LogP contribution < -0.4 is 5.32 Å². The van der Waals surface area contributed by atoms with Crippen LogP contribution in [0.1, 0.15) is 55.8 Å². The second kappa shape index (κ2) is 6.29. The van der Waals surface area contributed by atoms with Crippen LogP contribution in [0.2, 0.25) is 0 Å². The van der Waals surface area contributed by atoms with Gasteiger partial charge in [-0.2, -0.15) is 0 Å². The summed E-state index contributed by atoms with van der Waals surface area (Å²) in [5.41, 5.74) is 2.51. The Labute approximate surface area is 125 Å². The molecule has 4 heteroatoms. The molecule has 1 fully saturated rings. The van der Waals surface area contributed by atoms with Crippen LogP contribution >= 0.6 is 0 Å². The highest BCUT2D eigenvalue weighted by Crippen LogP contribution is 2.28. The Bertz CT molecular complexity index is 613.